The number of thioether (sulfide) groups is 1. The minimum atomic E-state index is -0.102. The van der Waals surface area contributed by atoms with E-state index in [1.807, 2.05) is 37.3 Å². The van der Waals surface area contributed by atoms with Gasteiger partial charge < -0.3 is 10.2 Å². The van der Waals surface area contributed by atoms with Gasteiger partial charge >= 0.3 is 0 Å². The molecule has 0 radical (unpaired) electrons. The molecule has 1 atom stereocenters. The van der Waals surface area contributed by atoms with Gasteiger partial charge in [-0.2, -0.15) is 0 Å². The van der Waals surface area contributed by atoms with E-state index in [-0.39, 0.29) is 11.2 Å². The maximum absolute atomic E-state index is 12.3. The van der Waals surface area contributed by atoms with E-state index in [2.05, 4.69) is 34.5 Å². The molecule has 0 aromatic heterocycles. The van der Waals surface area contributed by atoms with Crippen molar-refractivity contribution >= 4 is 23.4 Å². The number of carbonyl (C=O) groups excluding carboxylic acids is 1. The third kappa shape index (κ3) is 5.27. The van der Waals surface area contributed by atoms with Gasteiger partial charge in [0.25, 0.3) is 0 Å². The highest BCUT2D eigenvalue weighted by molar-refractivity contribution is 8.00. The summed E-state index contributed by atoms with van der Waals surface area (Å²) in [6.45, 7) is 4.85. The molecule has 1 aliphatic heterocycles. The standard InChI is InChI=1S/C21H26N2OS/c1-17(25-20-8-4-2-5-9-20)21(24)22-16-18-10-12-19(13-11-18)23-14-6-3-7-15-23/h2,4-5,8-13,17H,3,6-7,14-16H2,1H3,(H,22,24). The van der Waals surface area contributed by atoms with Gasteiger partial charge in [-0.05, 0) is 56.0 Å². The number of piperidine rings is 1. The molecule has 2 aromatic carbocycles. The monoisotopic (exact) mass is 354 g/mol. The van der Waals surface area contributed by atoms with Crippen LogP contribution in [0.15, 0.2) is 59.5 Å². The van der Waals surface area contributed by atoms with Gasteiger partial charge in [0.15, 0.2) is 0 Å². The van der Waals surface area contributed by atoms with E-state index in [4.69, 9.17) is 0 Å². The van der Waals surface area contributed by atoms with Crippen LogP contribution in [-0.4, -0.2) is 24.2 Å². The molecule has 2 aromatic rings. The van der Waals surface area contributed by atoms with E-state index >= 15 is 0 Å². The van der Waals surface area contributed by atoms with Gasteiger partial charge in [-0.15, -0.1) is 11.8 Å². The van der Waals surface area contributed by atoms with E-state index in [0.717, 1.165) is 23.5 Å². The number of carbonyl (C=O) groups is 1. The van der Waals surface area contributed by atoms with Crippen LogP contribution in [0.4, 0.5) is 5.69 Å². The fourth-order valence-corrected chi connectivity index (χ4v) is 3.98. The quantitative estimate of drug-likeness (QED) is 0.777. The summed E-state index contributed by atoms with van der Waals surface area (Å²) in [6.07, 6.45) is 3.92. The zero-order valence-electron chi connectivity index (χ0n) is 14.8. The summed E-state index contributed by atoms with van der Waals surface area (Å²) in [5, 5.41) is 2.94. The Hall–Kier alpha value is -1.94. The molecule has 1 fully saturated rings. The predicted molar refractivity (Wildman–Crippen MR) is 106 cm³/mol. The van der Waals surface area contributed by atoms with Gasteiger partial charge in [-0.3, -0.25) is 4.79 Å². The molecule has 132 valence electrons. The molecule has 3 nitrogen and oxygen atoms in total. The molecule has 3 rings (SSSR count). The van der Waals surface area contributed by atoms with Gasteiger partial charge in [0, 0.05) is 30.2 Å². The van der Waals surface area contributed by atoms with E-state index in [0.29, 0.717) is 6.54 Å². The molecule has 0 saturated carbocycles. The van der Waals surface area contributed by atoms with Crippen molar-refractivity contribution in [2.75, 3.05) is 18.0 Å². The lowest BCUT2D eigenvalue weighted by atomic mass is 10.1. The van der Waals surface area contributed by atoms with Crippen molar-refractivity contribution in [1.82, 2.24) is 5.32 Å². The number of nitrogens with zero attached hydrogens (tertiary/aromatic N) is 1. The summed E-state index contributed by atoms with van der Waals surface area (Å²) < 4.78 is 0. The highest BCUT2D eigenvalue weighted by Crippen LogP contribution is 2.23. The minimum Gasteiger partial charge on any atom is -0.372 e. The molecule has 0 spiro atoms. The lowest BCUT2D eigenvalue weighted by molar-refractivity contribution is -0.120. The third-order valence-electron chi connectivity index (χ3n) is 4.55. The van der Waals surface area contributed by atoms with Crippen molar-refractivity contribution in [2.24, 2.45) is 0 Å². The van der Waals surface area contributed by atoms with Gasteiger partial charge in [0.1, 0.15) is 0 Å². The van der Waals surface area contributed by atoms with Crippen LogP contribution in [0.1, 0.15) is 31.7 Å². The summed E-state index contributed by atoms with van der Waals surface area (Å²) in [5.41, 5.74) is 2.44. The Labute approximate surface area is 154 Å². The first-order valence-electron chi connectivity index (χ1n) is 9.06. The average molecular weight is 355 g/mol. The molecular weight excluding hydrogens is 328 g/mol. The van der Waals surface area contributed by atoms with Gasteiger partial charge in [0.2, 0.25) is 5.91 Å². The smallest absolute Gasteiger partial charge is 0.233 e. The Kier molecular flexibility index (Phi) is 6.40. The van der Waals surface area contributed by atoms with E-state index < -0.39 is 0 Å². The summed E-state index contributed by atoms with van der Waals surface area (Å²) >= 11 is 1.59. The fourth-order valence-electron chi connectivity index (χ4n) is 3.07. The Bertz CT molecular complexity index is 666. The van der Waals surface area contributed by atoms with Crippen LogP contribution < -0.4 is 10.2 Å². The molecular formula is C21H26N2OS. The second kappa shape index (κ2) is 8.95. The Morgan fingerprint density at radius 1 is 1.04 bits per heavy atom. The van der Waals surface area contributed by atoms with Crippen molar-refractivity contribution in [3.05, 3.63) is 60.2 Å². The number of rotatable bonds is 6. The maximum Gasteiger partial charge on any atom is 0.233 e. The van der Waals surface area contributed by atoms with Crippen LogP contribution in [0, 0.1) is 0 Å². The number of hydrogen-bond acceptors (Lipinski definition) is 3. The van der Waals surface area contributed by atoms with Gasteiger partial charge in [0.05, 0.1) is 5.25 Å². The predicted octanol–water partition coefficient (Wildman–Crippen LogP) is 4.47. The van der Waals surface area contributed by atoms with Gasteiger partial charge in [-0.25, -0.2) is 0 Å². The van der Waals surface area contributed by atoms with E-state index in [1.54, 1.807) is 11.8 Å². The molecule has 1 amide bonds. The van der Waals surface area contributed by atoms with Gasteiger partial charge in [-0.1, -0.05) is 30.3 Å². The second-order valence-corrected chi connectivity index (χ2v) is 7.92. The Balaban J connectivity index is 1.48. The lowest BCUT2D eigenvalue weighted by Gasteiger charge is -2.28. The molecule has 1 aliphatic rings. The number of benzene rings is 2. The van der Waals surface area contributed by atoms with Crippen molar-refractivity contribution in [1.29, 1.82) is 0 Å². The van der Waals surface area contributed by atoms with E-state index in [1.165, 1.54) is 24.9 Å². The summed E-state index contributed by atoms with van der Waals surface area (Å²) in [6, 6.07) is 18.7. The normalized spacial score (nSPS) is 15.6. The van der Waals surface area contributed by atoms with Crippen LogP contribution >= 0.6 is 11.8 Å². The summed E-state index contributed by atoms with van der Waals surface area (Å²) in [5.74, 6) is 0.0777. The maximum atomic E-state index is 12.3. The zero-order valence-corrected chi connectivity index (χ0v) is 15.6. The summed E-state index contributed by atoms with van der Waals surface area (Å²) in [4.78, 5) is 15.9. The fraction of sp³-hybridized carbons (Fsp3) is 0.381. The van der Waals surface area contributed by atoms with Crippen LogP contribution in [-0.2, 0) is 11.3 Å². The second-order valence-electron chi connectivity index (χ2n) is 6.51. The van der Waals surface area contributed by atoms with Crippen LogP contribution in [0.3, 0.4) is 0 Å². The van der Waals surface area contributed by atoms with Crippen LogP contribution in [0.25, 0.3) is 0 Å². The Morgan fingerprint density at radius 3 is 2.40 bits per heavy atom. The molecule has 25 heavy (non-hydrogen) atoms. The molecule has 0 bridgehead atoms. The molecule has 1 unspecified atom stereocenters. The zero-order chi connectivity index (χ0) is 17.5. The molecule has 1 saturated heterocycles. The van der Waals surface area contributed by atoms with Crippen molar-refractivity contribution in [3.8, 4) is 0 Å². The molecule has 0 aliphatic carbocycles. The number of hydrogen-bond donors (Lipinski definition) is 1. The van der Waals surface area contributed by atoms with Crippen molar-refractivity contribution in [3.63, 3.8) is 0 Å². The topological polar surface area (TPSA) is 32.3 Å². The largest absolute Gasteiger partial charge is 0.372 e. The van der Waals surface area contributed by atoms with Crippen LogP contribution in [0.2, 0.25) is 0 Å². The number of anilines is 1. The molecule has 4 heteroatoms. The number of nitrogens with one attached hydrogen (secondary N) is 1. The van der Waals surface area contributed by atoms with Crippen molar-refractivity contribution in [2.45, 2.75) is 42.9 Å². The number of amides is 1. The van der Waals surface area contributed by atoms with Crippen molar-refractivity contribution < 1.29 is 4.79 Å². The summed E-state index contributed by atoms with van der Waals surface area (Å²) in [7, 11) is 0. The SMILES string of the molecule is CC(Sc1ccccc1)C(=O)NCc1ccc(N2CCCCC2)cc1. The lowest BCUT2D eigenvalue weighted by Crippen LogP contribution is -2.30. The minimum absolute atomic E-state index is 0.0777. The molecule has 1 heterocycles. The highest BCUT2D eigenvalue weighted by Gasteiger charge is 2.14. The first-order valence-corrected chi connectivity index (χ1v) is 9.93. The average Bonchev–Trinajstić information content (AvgIpc) is 2.68. The highest BCUT2D eigenvalue weighted by atomic mass is 32.2. The Morgan fingerprint density at radius 2 is 1.72 bits per heavy atom. The van der Waals surface area contributed by atoms with Crippen LogP contribution in [0.5, 0.6) is 0 Å². The first-order chi connectivity index (χ1) is 12.2. The first kappa shape index (κ1) is 17.9. The molecule has 1 N–H and O–H groups in total. The third-order valence-corrected chi connectivity index (χ3v) is 5.66. The van der Waals surface area contributed by atoms with E-state index in [9.17, 15) is 4.79 Å².